The first-order chi connectivity index (χ1) is 12.5. The van der Waals surface area contributed by atoms with E-state index in [4.69, 9.17) is 16.9 Å². The van der Waals surface area contributed by atoms with E-state index in [1.165, 1.54) is 17.4 Å². The zero-order valence-corrected chi connectivity index (χ0v) is 14.5. The van der Waals surface area contributed by atoms with Gasteiger partial charge in [-0.1, -0.05) is 17.4 Å². The first-order valence-corrected chi connectivity index (χ1v) is 8.53. The highest BCUT2D eigenvalue weighted by Crippen LogP contribution is 2.28. The van der Waals surface area contributed by atoms with E-state index in [0.29, 0.717) is 11.5 Å². The van der Waals surface area contributed by atoms with Crippen LogP contribution >= 0.6 is 11.3 Å². The molecule has 0 aliphatic rings. The summed E-state index contributed by atoms with van der Waals surface area (Å²) >= 11 is 1.40. The lowest BCUT2D eigenvalue weighted by Crippen LogP contribution is -2.37. The van der Waals surface area contributed by atoms with Crippen LogP contribution in [0.1, 0.15) is 0 Å². The highest BCUT2D eigenvalue weighted by Gasteiger charge is 2.09. The molecule has 134 valence electrons. The Morgan fingerprint density at radius 2 is 2.12 bits per heavy atom. The molecule has 3 rings (SSSR count). The average molecular weight is 372 g/mol. The molecule has 1 aromatic carbocycles. The van der Waals surface area contributed by atoms with E-state index in [9.17, 15) is 9.18 Å². The van der Waals surface area contributed by atoms with Gasteiger partial charge in [-0.05, 0) is 41.0 Å². The molecule has 6 N–H and O–H groups in total. The van der Waals surface area contributed by atoms with Gasteiger partial charge in [0.2, 0.25) is 0 Å². The lowest BCUT2D eigenvalue weighted by Gasteiger charge is -2.11. The van der Waals surface area contributed by atoms with E-state index in [1.54, 1.807) is 12.3 Å². The Kier molecular flexibility index (Phi) is 5.10. The molecular formula is C17H17FN6OS. The van der Waals surface area contributed by atoms with Crippen molar-refractivity contribution in [3.63, 3.8) is 0 Å². The molecule has 0 unspecified atom stereocenters. The van der Waals surface area contributed by atoms with Gasteiger partial charge < -0.3 is 16.8 Å². The molecule has 2 heterocycles. The predicted octanol–water partition coefficient (Wildman–Crippen LogP) is 2.20. The van der Waals surface area contributed by atoms with Gasteiger partial charge in [0, 0.05) is 19.3 Å². The number of nitrogens with one attached hydrogen (secondary N) is 2. The number of pyridine rings is 1. The minimum atomic E-state index is -0.538. The fourth-order valence-electron chi connectivity index (χ4n) is 2.39. The van der Waals surface area contributed by atoms with Crippen LogP contribution in [0.25, 0.3) is 21.3 Å². The lowest BCUT2D eigenvalue weighted by molar-refractivity contribution is 0.242. The summed E-state index contributed by atoms with van der Waals surface area (Å²) < 4.78 is 14.7. The highest BCUT2D eigenvalue weighted by atomic mass is 32.1. The van der Waals surface area contributed by atoms with Crippen molar-refractivity contribution in [1.82, 2.24) is 14.9 Å². The number of thiazole rings is 1. The molecule has 26 heavy (non-hydrogen) atoms. The van der Waals surface area contributed by atoms with Crippen molar-refractivity contribution in [2.45, 2.75) is 0 Å². The van der Waals surface area contributed by atoms with E-state index in [-0.39, 0.29) is 24.2 Å². The van der Waals surface area contributed by atoms with Gasteiger partial charge in [-0.2, -0.15) is 0 Å². The summed E-state index contributed by atoms with van der Waals surface area (Å²) in [6.07, 6.45) is 1.92. The molecule has 3 aromatic rings. The number of rotatable bonds is 4. The lowest BCUT2D eigenvalue weighted by atomic mass is 10.1. The number of anilines is 1. The Hall–Kier alpha value is -3.04. The largest absolute Gasteiger partial charge is 0.375 e. The summed E-state index contributed by atoms with van der Waals surface area (Å²) in [5, 5.41) is 11.0. The number of nitrogens with two attached hydrogens (primary N) is 2. The van der Waals surface area contributed by atoms with Gasteiger partial charge in [0.1, 0.15) is 5.49 Å². The number of nitrogen functional groups attached to an aromatic ring is 1. The van der Waals surface area contributed by atoms with Crippen LogP contribution in [-0.2, 0) is 0 Å². The number of fused-ring (bicyclic) bond motifs is 1. The Balaban J connectivity index is 1.91. The van der Waals surface area contributed by atoms with Crippen molar-refractivity contribution in [1.29, 1.82) is 5.41 Å². The van der Waals surface area contributed by atoms with Gasteiger partial charge in [-0.25, -0.2) is 14.2 Å². The fraction of sp³-hybridized carbons (Fsp3) is 0.118. The number of amides is 1. The van der Waals surface area contributed by atoms with Crippen LogP contribution in [0.4, 0.5) is 14.3 Å². The maximum Gasteiger partial charge on any atom is 0.327 e. The molecule has 0 aliphatic heterocycles. The van der Waals surface area contributed by atoms with Crippen LogP contribution in [0.2, 0.25) is 0 Å². The van der Waals surface area contributed by atoms with Gasteiger partial charge in [-0.3, -0.25) is 9.98 Å². The zero-order chi connectivity index (χ0) is 18.7. The molecule has 1 amide bonds. The molecular weight excluding hydrogens is 355 g/mol. The van der Waals surface area contributed by atoms with Crippen molar-refractivity contribution in [3.8, 4) is 11.1 Å². The standard InChI is InChI=1S/C17H17FN6OS/c18-6-10(7-19)8-22-17(25)24-9-12(2-4-15(24)20)11-1-3-14-13(5-11)23-16(21)26-14/h1-6,9,20H,7-8,19H2,(H2,21,23)(H,22,25)/b10-6+,20-15?. The number of hydrogen-bond acceptors (Lipinski definition) is 6. The number of benzene rings is 1. The Labute approximate surface area is 152 Å². The fourth-order valence-corrected chi connectivity index (χ4v) is 3.11. The number of hydrogen-bond donors (Lipinski definition) is 4. The Morgan fingerprint density at radius 1 is 1.35 bits per heavy atom. The van der Waals surface area contributed by atoms with E-state index in [0.717, 1.165) is 25.9 Å². The third-order valence-corrected chi connectivity index (χ3v) is 4.65. The van der Waals surface area contributed by atoms with Crippen LogP contribution in [0, 0.1) is 5.41 Å². The molecule has 0 aliphatic carbocycles. The van der Waals surface area contributed by atoms with Crippen molar-refractivity contribution in [2.75, 3.05) is 18.8 Å². The number of carbonyl (C=O) groups is 1. The second-order valence-corrected chi connectivity index (χ2v) is 6.60. The number of nitrogens with zero attached hydrogens (tertiary/aromatic N) is 2. The van der Waals surface area contributed by atoms with Gasteiger partial charge in [-0.15, -0.1) is 0 Å². The van der Waals surface area contributed by atoms with Gasteiger partial charge in [0.15, 0.2) is 5.13 Å². The van der Waals surface area contributed by atoms with E-state index >= 15 is 0 Å². The number of halogens is 1. The maximum absolute atomic E-state index is 12.6. The van der Waals surface area contributed by atoms with Gasteiger partial charge in [0.25, 0.3) is 0 Å². The molecule has 0 fully saturated rings. The molecule has 0 bridgehead atoms. The SMILES string of the molecule is N=c1ccc(-c2ccc3sc(N)nc3c2)cn1C(=O)NC/C(=C/F)CN. The second-order valence-electron chi connectivity index (χ2n) is 5.54. The zero-order valence-electron chi connectivity index (χ0n) is 13.7. The summed E-state index contributed by atoms with van der Waals surface area (Å²) in [6.45, 7) is -0.0153. The molecule has 0 radical (unpaired) electrons. The minimum absolute atomic E-state index is 0.00348. The topological polar surface area (TPSA) is 123 Å². The quantitative estimate of drug-likeness (QED) is 0.560. The van der Waals surface area contributed by atoms with E-state index in [2.05, 4.69) is 10.3 Å². The van der Waals surface area contributed by atoms with Gasteiger partial charge in [0.05, 0.1) is 16.5 Å². The highest BCUT2D eigenvalue weighted by molar-refractivity contribution is 7.22. The molecule has 0 atom stereocenters. The summed E-state index contributed by atoms with van der Waals surface area (Å²) in [5.74, 6) is 0. The van der Waals surface area contributed by atoms with Crippen molar-refractivity contribution in [2.24, 2.45) is 5.73 Å². The molecule has 0 saturated carbocycles. The van der Waals surface area contributed by atoms with Crippen LogP contribution in [0.5, 0.6) is 0 Å². The molecule has 7 nitrogen and oxygen atoms in total. The summed E-state index contributed by atoms with van der Waals surface area (Å²) in [4.78, 5) is 16.6. The second kappa shape index (κ2) is 7.46. The monoisotopic (exact) mass is 372 g/mol. The molecule has 2 aromatic heterocycles. The summed E-state index contributed by atoms with van der Waals surface area (Å²) in [7, 11) is 0. The van der Waals surface area contributed by atoms with E-state index < -0.39 is 6.03 Å². The van der Waals surface area contributed by atoms with Gasteiger partial charge >= 0.3 is 6.03 Å². The van der Waals surface area contributed by atoms with Crippen LogP contribution in [-0.4, -0.2) is 28.7 Å². The Bertz CT molecular complexity index is 1050. The van der Waals surface area contributed by atoms with Crippen LogP contribution in [0.15, 0.2) is 48.4 Å². The normalized spacial score (nSPS) is 11.7. The molecule has 0 saturated heterocycles. The third-order valence-electron chi connectivity index (χ3n) is 3.79. The third kappa shape index (κ3) is 3.63. The smallest absolute Gasteiger partial charge is 0.327 e. The van der Waals surface area contributed by atoms with Crippen molar-refractivity contribution < 1.29 is 9.18 Å². The van der Waals surface area contributed by atoms with Crippen molar-refractivity contribution in [3.05, 3.63) is 53.9 Å². The van der Waals surface area contributed by atoms with Crippen LogP contribution in [0.3, 0.4) is 0 Å². The Morgan fingerprint density at radius 3 is 2.85 bits per heavy atom. The summed E-state index contributed by atoms with van der Waals surface area (Å²) in [6, 6.07) is 8.42. The molecule has 9 heteroatoms. The number of carbonyl (C=O) groups excluding carboxylic acids is 1. The van der Waals surface area contributed by atoms with Crippen LogP contribution < -0.4 is 22.3 Å². The predicted molar refractivity (Wildman–Crippen MR) is 100 cm³/mol. The summed E-state index contributed by atoms with van der Waals surface area (Å²) in [5.41, 5.74) is 13.7. The van der Waals surface area contributed by atoms with E-state index in [1.807, 2.05) is 18.2 Å². The average Bonchev–Trinajstić information content (AvgIpc) is 3.02. The van der Waals surface area contributed by atoms with Crippen molar-refractivity contribution >= 4 is 32.7 Å². The maximum atomic E-state index is 12.6. The number of aromatic nitrogens is 2. The minimum Gasteiger partial charge on any atom is -0.375 e. The first kappa shape index (κ1) is 17.8. The molecule has 0 spiro atoms. The first-order valence-electron chi connectivity index (χ1n) is 7.72.